The lowest BCUT2D eigenvalue weighted by Gasteiger charge is -2.29. The molecule has 1 aromatic rings. The maximum atomic E-state index is 14.0. The molecule has 3 N–H and O–H groups in total. The summed E-state index contributed by atoms with van der Waals surface area (Å²) in [6.45, 7) is 0.0513. The number of aliphatic carboxylic acids is 1. The van der Waals surface area contributed by atoms with Crippen LogP contribution < -0.4 is 10.6 Å². The molecule has 2 saturated carbocycles. The summed E-state index contributed by atoms with van der Waals surface area (Å²) >= 11 is 0. The van der Waals surface area contributed by atoms with Gasteiger partial charge in [0.25, 0.3) is 0 Å². The predicted molar refractivity (Wildman–Crippen MR) is 151 cm³/mol. The van der Waals surface area contributed by atoms with Gasteiger partial charge < -0.3 is 30.2 Å². The molecular weight excluding hydrogens is 542 g/mol. The zero-order valence-electron chi connectivity index (χ0n) is 23.7. The second-order valence-corrected chi connectivity index (χ2v) is 11.6. The Hall–Kier alpha value is -3.96. The van der Waals surface area contributed by atoms with E-state index in [0.717, 1.165) is 44.9 Å². The van der Waals surface area contributed by atoms with Crippen LogP contribution in [0.25, 0.3) is 0 Å². The van der Waals surface area contributed by atoms with Crippen molar-refractivity contribution in [3.05, 3.63) is 42.2 Å². The molecule has 1 aromatic heterocycles. The van der Waals surface area contributed by atoms with Crippen LogP contribution in [0, 0.1) is 5.92 Å². The smallest absolute Gasteiger partial charge is 0.408 e. The topological polar surface area (TPSA) is 160 Å². The van der Waals surface area contributed by atoms with E-state index in [1.807, 2.05) is 18.2 Å². The lowest BCUT2D eigenvalue weighted by molar-refractivity contribution is -0.145. The highest BCUT2D eigenvalue weighted by molar-refractivity contribution is 5.96. The average molecular weight is 582 g/mol. The zero-order valence-corrected chi connectivity index (χ0v) is 23.7. The number of aromatic nitrogens is 1. The first-order valence-electron chi connectivity index (χ1n) is 15.0. The highest BCUT2D eigenvalue weighted by Crippen LogP contribution is 2.45. The number of fused-ring (bicyclic) bond motifs is 2. The number of pyridine rings is 1. The van der Waals surface area contributed by atoms with Crippen molar-refractivity contribution in [1.82, 2.24) is 20.5 Å². The Morgan fingerprint density at radius 3 is 2.69 bits per heavy atom. The molecule has 4 aliphatic rings. The van der Waals surface area contributed by atoms with Gasteiger partial charge >= 0.3 is 12.1 Å². The summed E-state index contributed by atoms with van der Waals surface area (Å²) in [7, 11) is 0. The molecule has 1 unspecified atom stereocenters. The molecule has 3 amide bonds. The Balaban J connectivity index is 1.35. The molecule has 0 spiro atoms. The highest BCUT2D eigenvalue weighted by atomic mass is 16.6. The summed E-state index contributed by atoms with van der Waals surface area (Å²) in [5, 5.41) is 19.5. The van der Waals surface area contributed by atoms with Crippen LogP contribution in [0.1, 0.15) is 76.3 Å². The minimum absolute atomic E-state index is 0.0513. The zero-order chi connectivity index (χ0) is 29.5. The molecule has 1 saturated heterocycles. The van der Waals surface area contributed by atoms with Crippen molar-refractivity contribution in [2.24, 2.45) is 11.1 Å². The number of hydrogen-bond acceptors (Lipinski definition) is 8. The van der Waals surface area contributed by atoms with E-state index >= 15 is 0 Å². The van der Waals surface area contributed by atoms with Gasteiger partial charge in [-0.3, -0.25) is 14.6 Å². The Morgan fingerprint density at radius 1 is 1.12 bits per heavy atom. The number of ether oxygens (including phenoxy) is 1. The number of nitrogens with one attached hydrogen (secondary N) is 2. The summed E-state index contributed by atoms with van der Waals surface area (Å²) in [5.74, 6) is -2.41. The molecule has 0 aromatic carbocycles. The molecule has 5 atom stereocenters. The third-order valence-corrected chi connectivity index (χ3v) is 8.57. The number of carbonyl (C=O) groups is 4. The summed E-state index contributed by atoms with van der Waals surface area (Å²) < 4.78 is 5.57. The molecule has 0 radical (unpaired) electrons. The quantitative estimate of drug-likeness (QED) is 0.263. The minimum Gasteiger partial charge on any atom is -0.479 e. The fourth-order valence-electron chi connectivity index (χ4n) is 6.09. The first kappa shape index (κ1) is 29.5. The van der Waals surface area contributed by atoms with Gasteiger partial charge in [0, 0.05) is 18.5 Å². The van der Waals surface area contributed by atoms with Crippen molar-refractivity contribution in [3.8, 4) is 0 Å². The third kappa shape index (κ3) is 7.08. The minimum atomic E-state index is -1.40. The summed E-state index contributed by atoms with van der Waals surface area (Å²) in [5.41, 5.74) is -0.818. The number of carboxylic acid groups (broad SMARTS) is 1. The molecule has 0 bridgehead atoms. The second kappa shape index (κ2) is 13.3. The number of rotatable bonds is 6. The number of amides is 3. The van der Waals surface area contributed by atoms with Crippen molar-refractivity contribution < 1.29 is 33.9 Å². The lowest BCUT2D eigenvalue weighted by Crippen LogP contribution is -2.56. The Morgan fingerprint density at radius 2 is 1.93 bits per heavy atom. The number of oxime groups is 1. The van der Waals surface area contributed by atoms with Gasteiger partial charge in [-0.05, 0) is 63.5 Å². The van der Waals surface area contributed by atoms with E-state index in [4.69, 9.17) is 9.57 Å². The standard InChI is InChI=1S/C30H39N5O7/c36-26-25-16-23(42-32-18-21-11-8-9-15-31-21)19-35(25)27(37)24(33-29(40)41-22-12-6-7-13-22)14-5-3-1-2-4-10-20-17-30(20,34-26)28(38)39/h4,8-11,15,18,20,22-25H,1-3,5-7,12-14,16-17,19H2,(H,33,40)(H,34,36)(H,38,39)/b10-4-,32-18+/t20-,23-,24+,25+,30?/m1/s1. The van der Waals surface area contributed by atoms with Crippen LogP contribution in [0.2, 0.25) is 0 Å². The van der Waals surface area contributed by atoms with Gasteiger partial charge in [-0.15, -0.1) is 0 Å². The van der Waals surface area contributed by atoms with E-state index in [0.29, 0.717) is 18.5 Å². The van der Waals surface area contributed by atoms with Crippen molar-refractivity contribution in [1.29, 1.82) is 0 Å². The van der Waals surface area contributed by atoms with E-state index in [1.54, 1.807) is 18.3 Å². The summed E-state index contributed by atoms with van der Waals surface area (Å²) in [6, 6.07) is 3.47. The van der Waals surface area contributed by atoms with Crippen LogP contribution in [0.3, 0.4) is 0 Å². The third-order valence-electron chi connectivity index (χ3n) is 8.57. The van der Waals surface area contributed by atoms with Crippen molar-refractivity contribution in [2.75, 3.05) is 6.54 Å². The molecule has 42 heavy (non-hydrogen) atoms. The van der Waals surface area contributed by atoms with Crippen LogP contribution in [-0.2, 0) is 24.0 Å². The van der Waals surface area contributed by atoms with Gasteiger partial charge in [0.15, 0.2) is 0 Å². The van der Waals surface area contributed by atoms with E-state index in [9.17, 15) is 24.3 Å². The van der Waals surface area contributed by atoms with E-state index in [1.165, 1.54) is 11.1 Å². The Labute approximate surface area is 244 Å². The monoisotopic (exact) mass is 581 g/mol. The molecule has 2 aliphatic heterocycles. The van der Waals surface area contributed by atoms with Crippen LogP contribution in [0.15, 0.2) is 41.7 Å². The number of allylic oxidation sites excluding steroid dienone is 1. The van der Waals surface area contributed by atoms with Gasteiger partial charge in [0.05, 0.1) is 18.5 Å². The Kier molecular flexibility index (Phi) is 9.38. The maximum Gasteiger partial charge on any atom is 0.408 e. The molecule has 12 nitrogen and oxygen atoms in total. The average Bonchev–Trinajstić information content (AvgIpc) is 3.27. The highest BCUT2D eigenvalue weighted by Gasteiger charge is 2.61. The van der Waals surface area contributed by atoms with Crippen LogP contribution in [-0.4, -0.2) is 81.5 Å². The van der Waals surface area contributed by atoms with Crippen LogP contribution in [0.4, 0.5) is 4.79 Å². The predicted octanol–water partition coefficient (Wildman–Crippen LogP) is 2.92. The molecule has 12 heteroatoms. The normalized spacial score (nSPS) is 31.3. The van der Waals surface area contributed by atoms with Crippen molar-refractivity contribution >= 4 is 30.1 Å². The van der Waals surface area contributed by atoms with Gasteiger partial charge in [0.2, 0.25) is 11.8 Å². The van der Waals surface area contributed by atoms with Gasteiger partial charge in [-0.2, -0.15) is 0 Å². The number of carbonyl (C=O) groups excluding carboxylic acids is 3. The van der Waals surface area contributed by atoms with Gasteiger partial charge in [0.1, 0.15) is 29.8 Å². The first-order valence-corrected chi connectivity index (χ1v) is 15.0. The maximum absolute atomic E-state index is 14.0. The van der Waals surface area contributed by atoms with E-state index in [-0.39, 0.29) is 31.4 Å². The molecule has 226 valence electrons. The summed E-state index contributed by atoms with van der Waals surface area (Å²) in [4.78, 5) is 63.8. The molecule has 3 heterocycles. The van der Waals surface area contributed by atoms with Crippen molar-refractivity contribution in [3.63, 3.8) is 0 Å². The van der Waals surface area contributed by atoms with Crippen LogP contribution in [0.5, 0.6) is 0 Å². The SMILES string of the molecule is O=C(N[C@H]1CCCCC/C=C\[C@@H]2CC2(C(=O)O)NC(=O)[C@@H]2C[C@@H](O/N=C/c3ccccn3)CN2C1=O)OC1CCCC1. The molecule has 3 fully saturated rings. The number of alkyl carbamates (subject to hydrolysis) is 1. The number of hydrogen-bond donors (Lipinski definition) is 3. The largest absolute Gasteiger partial charge is 0.479 e. The first-order chi connectivity index (χ1) is 20.4. The fourth-order valence-corrected chi connectivity index (χ4v) is 6.09. The van der Waals surface area contributed by atoms with Gasteiger partial charge in [-0.1, -0.05) is 36.2 Å². The molecule has 5 rings (SSSR count). The number of carboxylic acids is 1. The number of nitrogens with zero attached hydrogens (tertiary/aromatic N) is 3. The molecule has 2 aliphatic carbocycles. The van der Waals surface area contributed by atoms with E-state index < -0.39 is 47.6 Å². The Bertz CT molecular complexity index is 1200. The lowest BCUT2D eigenvalue weighted by atomic mass is 10.0. The van der Waals surface area contributed by atoms with Crippen molar-refractivity contribution in [2.45, 2.75) is 100 Å². The summed E-state index contributed by atoms with van der Waals surface area (Å²) in [6.07, 6.45) is 13.0. The second-order valence-electron chi connectivity index (χ2n) is 11.6. The van der Waals surface area contributed by atoms with Crippen LogP contribution >= 0.6 is 0 Å². The fraction of sp³-hybridized carbons (Fsp3) is 0.600. The molecular formula is C30H39N5O7. The van der Waals surface area contributed by atoms with E-state index in [2.05, 4.69) is 20.8 Å². The van der Waals surface area contributed by atoms with Gasteiger partial charge in [-0.25, -0.2) is 9.59 Å².